The Morgan fingerprint density at radius 2 is 1.81 bits per heavy atom. The monoisotopic (exact) mass is 414 g/mol. The maximum Gasteiger partial charge on any atom is 0.255 e. The summed E-state index contributed by atoms with van der Waals surface area (Å²) in [6.45, 7) is 8.82. The molecule has 0 aliphatic rings. The SMILES string of the molecule is Cc1ccc2oc(-c3ccc(C)c(NC(=O)c4ccc(OCC(C)C)cc4)c3)nc2c1. The maximum atomic E-state index is 12.8. The number of carbonyl (C=O) groups is 1. The number of benzene rings is 3. The van der Waals surface area contributed by atoms with E-state index in [0.717, 1.165) is 39.2 Å². The third-order valence-electron chi connectivity index (χ3n) is 4.98. The lowest BCUT2D eigenvalue weighted by atomic mass is 10.1. The molecule has 5 nitrogen and oxygen atoms in total. The number of hydrogen-bond donors (Lipinski definition) is 1. The van der Waals surface area contributed by atoms with E-state index in [0.29, 0.717) is 24.0 Å². The van der Waals surface area contributed by atoms with E-state index in [1.807, 2.05) is 62.4 Å². The van der Waals surface area contributed by atoms with Crippen molar-refractivity contribution in [2.75, 3.05) is 11.9 Å². The van der Waals surface area contributed by atoms with E-state index in [1.165, 1.54) is 0 Å². The first-order chi connectivity index (χ1) is 14.9. The number of nitrogens with one attached hydrogen (secondary N) is 1. The van der Waals surface area contributed by atoms with Crippen LogP contribution in [0.5, 0.6) is 5.75 Å². The number of oxazole rings is 1. The lowest BCUT2D eigenvalue weighted by Crippen LogP contribution is -2.13. The van der Waals surface area contributed by atoms with Gasteiger partial charge in [-0.05, 0) is 79.4 Å². The molecule has 0 saturated carbocycles. The third-order valence-corrected chi connectivity index (χ3v) is 4.98. The van der Waals surface area contributed by atoms with Crippen molar-refractivity contribution in [2.45, 2.75) is 27.7 Å². The third kappa shape index (κ3) is 4.77. The molecular formula is C26H26N2O3. The largest absolute Gasteiger partial charge is 0.493 e. The number of anilines is 1. The Kier molecular flexibility index (Phi) is 5.76. The molecular weight excluding hydrogens is 388 g/mol. The van der Waals surface area contributed by atoms with Gasteiger partial charge in [0, 0.05) is 16.8 Å². The molecule has 1 heterocycles. The quantitative estimate of drug-likeness (QED) is 0.396. The van der Waals surface area contributed by atoms with Crippen LogP contribution in [0, 0.1) is 19.8 Å². The summed E-state index contributed by atoms with van der Waals surface area (Å²) in [5.74, 6) is 1.56. The number of amides is 1. The Morgan fingerprint density at radius 3 is 2.55 bits per heavy atom. The molecule has 0 atom stereocenters. The highest BCUT2D eigenvalue weighted by Crippen LogP contribution is 2.28. The molecule has 1 amide bonds. The van der Waals surface area contributed by atoms with Crippen molar-refractivity contribution in [2.24, 2.45) is 5.92 Å². The molecule has 0 unspecified atom stereocenters. The van der Waals surface area contributed by atoms with Crippen LogP contribution >= 0.6 is 0 Å². The van der Waals surface area contributed by atoms with Crippen LogP contribution in [0.2, 0.25) is 0 Å². The zero-order chi connectivity index (χ0) is 22.0. The predicted molar refractivity (Wildman–Crippen MR) is 124 cm³/mol. The second-order valence-electron chi connectivity index (χ2n) is 8.20. The van der Waals surface area contributed by atoms with E-state index in [1.54, 1.807) is 12.1 Å². The minimum atomic E-state index is -0.177. The number of aryl methyl sites for hydroxylation is 2. The lowest BCUT2D eigenvalue weighted by Gasteiger charge is -2.11. The first-order valence-corrected chi connectivity index (χ1v) is 10.4. The van der Waals surface area contributed by atoms with Crippen molar-refractivity contribution >= 4 is 22.7 Å². The molecule has 0 spiro atoms. The Labute approximate surface area is 182 Å². The molecule has 1 N–H and O–H groups in total. The van der Waals surface area contributed by atoms with Crippen molar-refractivity contribution in [1.82, 2.24) is 4.98 Å². The summed E-state index contributed by atoms with van der Waals surface area (Å²) in [6.07, 6.45) is 0. The summed E-state index contributed by atoms with van der Waals surface area (Å²) in [5.41, 5.74) is 5.76. The highest BCUT2D eigenvalue weighted by Gasteiger charge is 2.13. The standard InChI is InChI=1S/C26H26N2O3/c1-16(2)15-30-21-10-8-19(9-11-21)25(29)27-22-14-20(7-6-18(22)4)26-28-23-13-17(3)5-12-24(23)31-26/h5-14,16H,15H2,1-4H3,(H,27,29). The van der Waals surface area contributed by atoms with Gasteiger partial charge in [-0.2, -0.15) is 0 Å². The fraction of sp³-hybridized carbons (Fsp3) is 0.231. The zero-order valence-electron chi connectivity index (χ0n) is 18.2. The van der Waals surface area contributed by atoms with Crippen LogP contribution < -0.4 is 10.1 Å². The Balaban J connectivity index is 1.53. The molecule has 158 valence electrons. The molecule has 0 radical (unpaired) electrons. The topological polar surface area (TPSA) is 64.4 Å². The highest BCUT2D eigenvalue weighted by atomic mass is 16.5. The summed E-state index contributed by atoms with van der Waals surface area (Å²) in [4.78, 5) is 17.4. The molecule has 0 bridgehead atoms. The van der Waals surface area contributed by atoms with Crippen LogP contribution in [0.1, 0.15) is 35.3 Å². The van der Waals surface area contributed by atoms with E-state index in [2.05, 4.69) is 24.1 Å². The van der Waals surface area contributed by atoms with E-state index >= 15 is 0 Å². The first-order valence-electron chi connectivity index (χ1n) is 10.4. The number of carbonyl (C=O) groups excluding carboxylic acids is 1. The molecule has 4 rings (SSSR count). The number of aromatic nitrogens is 1. The van der Waals surface area contributed by atoms with E-state index in [9.17, 15) is 4.79 Å². The molecule has 0 aliphatic carbocycles. The zero-order valence-corrected chi connectivity index (χ0v) is 18.2. The van der Waals surface area contributed by atoms with Gasteiger partial charge in [0.1, 0.15) is 11.3 Å². The average molecular weight is 415 g/mol. The molecule has 0 aliphatic heterocycles. The van der Waals surface area contributed by atoms with Crippen molar-refractivity contribution < 1.29 is 13.9 Å². The number of hydrogen-bond acceptors (Lipinski definition) is 4. The van der Waals surface area contributed by atoms with Gasteiger partial charge < -0.3 is 14.5 Å². The van der Waals surface area contributed by atoms with E-state index in [-0.39, 0.29) is 5.91 Å². The van der Waals surface area contributed by atoms with Gasteiger partial charge in [-0.25, -0.2) is 4.98 Å². The maximum absolute atomic E-state index is 12.8. The average Bonchev–Trinajstić information content (AvgIpc) is 3.17. The molecule has 0 saturated heterocycles. The van der Waals surface area contributed by atoms with Crippen LogP contribution in [0.4, 0.5) is 5.69 Å². The van der Waals surface area contributed by atoms with E-state index < -0.39 is 0 Å². The minimum absolute atomic E-state index is 0.177. The summed E-state index contributed by atoms with van der Waals surface area (Å²) in [6, 6.07) is 18.9. The summed E-state index contributed by atoms with van der Waals surface area (Å²) in [5, 5.41) is 3.00. The normalized spacial score (nSPS) is 11.1. The predicted octanol–water partition coefficient (Wildman–Crippen LogP) is 6.40. The molecule has 31 heavy (non-hydrogen) atoms. The number of nitrogens with zero attached hydrogens (tertiary/aromatic N) is 1. The fourth-order valence-corrected chi connectivity index (χ4v) is 3.21. The second kappa shape index (κ2) is 8.64. The van der Waals surface area contributed by atoms with Crippen molar-refractivity contribution in [1.29, 1.82) is 0 Å². The van der Waals surface area contributed by atoms with Crippen molar-refractivity contribution in [3.05, 3.63) is 77.4 Å². The van der Waals surface area contributed by atoms with Gasteiger partial charge in [-0.3, -0.25) is 4.79 Å². The van der Waals surface area contributed by atoms with Gasteiger partial charge in [-0.15, -0.1) is 0 Å². The molecule has 4 aromatic rings. The lowest BCUT2D eigenvalue weighted by molar-refractivity contribution is 0.102. The Hall–Kier alpha value is -3.60. The molecule has 1 aromatic heterocycles. The van der Waals surface area contributed by atoms with Crippen molar-refractivity contribution in [3.8, 4) is 17.2 Å². The Morgan fingerprint density at radius 1 is 1.03 bits per heavy atom. The van der Waals surface area contributed by atoms with Gasteiger partial charge in [0.25, 0.3) is 5.91 Å². The van der Waals surface area contributed by atoms with Gasteiger partial charge in [0.05, 0.1) is 6.61 Å². The Bertz CT molecular complexity index is 1220. The molecule has 5 heteroatoms. The van der Waals surface area contributed by atoms with Crippen molar-refractivity contribution in [3.63, 3.8) is 0 Å². The van der Waals surface area contributed by atoms with E-state index in [4.69, 9.17) is 9.15 Å². The van der Waals surface area contributed by atoms with Crippen LogP contribution in [0.15, 0.2) is 65.1 Å². The first kappa shape index (κ1) is 20.7. The van der Waals surface area contributed by atoms with Crippen LogP contribution in [-0.2, 0) is 0 Å². The van der Waals surface area contributed by atoms with Crippen LogP contribution in [-0.4, -0.2) is 17.5 Å². The number of fused-ring (bicyclic) bond motifs is 1. The number of ether oxygens (including phenoxy) is 1. The summed E-state index contributed by atoms with van der Waals surface area (Å²) < 4.78 is 11.6. The summed E-state index contributed by atoms with van der Waals surface area (Å²) >= 11 is 0. The van der Waals surface area contributed by atoms with Gasteiger partial charge in [0.2, 0.25) is 5.89 Å². The minimum Gasteiger partial charge on any atom is -0.493 e. The van der Waals surface area contributed by atoms with Crippen LogP contribution in [0.3, 0.4) is 0 Å². The summed E-state index contributed by atoms with van der Waals surface area (Å²) in [7, 11) is 0. The van der Waals surface area contributed by atoms with Gasteiger partial charge in [0.15, 0.2) is 5.58 Å². The molecule has 0 fully saturated rings. The second-order valence-corrected chi connectivity index (χ2v) is 8.20. The van der Waals surface area contributed by atoms with Gasteiger partial charge in [-0.1, -0.05) is 26.0 Å². The number of rotatable bonds is 6. The smallest absolute Gasteiger partial charge is 0.255 e. The highest BCUT2D eigenvalue weighted by molar-refractivity contribution is 6.05. The molecule has 3 aromatic carbocycles. The van der Waals surface area contributed by atoms with Gasteiger partial charge >= 0.3 is 0 Å². The van der Waals surface area contributed by atoms with Crippen LogP contribution in [0.25, 0.3) is 22.6 Å². The fourth-order valence-electron chi connectivity index (χ4n) is 3.21.